The molecule has 1 fully saturated rings. The molecule has 1 aromatic rings. The minimum absolute atomic E-state index is 0.0156. The normalized spacial score (nSPS) is 24.1. The fourth-order valence-electron chi connectivity index (χ4n) is 2.11. The van der Waals surface area contributed by atoms with E-state index >= 15 is 0 Å². The summed E-state index contributed by atoms with van der Waals surface area (Å²) >= 11 is 11.8. The van der Waals surface area contributed by atoms with Gasteiger partial charge in [0.05, 0.1) is 22.0 Å². The zero-order valence-electron chi connectivity index (χ0n) is 9.33. The fourth-order valence-corrected chi connectivity index (χ4v) is 2.40. The average Bonchev–Trinajstić information content (AvgIpc) is 2.34. The molecular weight excluding hydrogens is 257 g/mol. The molecule has 0 bridgehead atoms. The summed E-state index contributed by atoms with van der Waals surface area (Å²) in [6.07, 6.45) is 4.05. The Kier molecular flexibility index (Phi) is 4.15. The number of ether oxygens (including phenoxy) is 1. The summed E-state index contributed by atoms with van der Waals surface area (Å²) in [6.45, 7) is 0. The molecule has 1 saturated carbocycles. The van der Waals surface area contributed by atoms with Gasteiger partial charge in [-0.2, -0.15) is 5.26 Å². The van der Waals surface area contributed by atoms with Crippen molar-refractivity contribution in [3.05, 3.63) is 28.2 Å². The molecule has 0 amide bonds. The van der Waals surface area contributed by atoms with E-state index < -0.39 is 0 Å². The van der Waals surface area contributed by atoms with E-state index in [2.05, 4.69) is 6.07 Å². The molecule has 1 aliphatic carbocycles. The van der Waals surface area contributed by atoms with Crippen LogP contribution in [-0.2, 0) is 0 Å². The molecule has 0 aromatic heterocycles. The van der Waals surface area contributed by atoms with E-state index in [1.165, 1.54) is 0 Å². The highest BCUT2D eigenvalue weighted by Crippen LogP contribution is 2.31. The second-order valence-electron chi connectivity index (χ2n) is 4.25. The van der Waals surface area contributed by atoms with Crippen molar-refractivity contribution < 1.29 is 4.74 Å². The predicted octanol–water partition coefficient (Wildman–Crippen LogP) is 4.45. The highest BCUT2D eigenvalue weighted by Gasteiger charge is 2.26. The van der Waals surface area contributed by atoms with Crippen molar-refractivity contribution in [3.63, 3.8) is 0 Å². The quantitative estimate of drug-likeness (QED) is 0.795. The van der Waals surface area contributed by atoms with Gasteiger partial charge in [-0.1, -0.05) is 29.6 Å². The van der Waals surface area contributed by atoms with Crippen LogP contribution in [0, 0.1) is 17.2 Å². The van der Waals surface area contributed by atoms with Gasteiger partial charge < -0.3 is 4.74 Å². The third-order valence-corrected chi connectivity index (χ3v) is 3.79. The van der Waals surface area contributed by atoms with Gasteiger partial charge in [0.1, 0.15) is 11.9 Å². The van der Waals surface area contributed by atoms with Crippen LogP contribution in [0.3, 0.4) is 0 Å². The fraction of sp³-hybridized carbons (Fsp3) is 0.462. The highest BCUT2D eigenvalue weighted by molar-refractivity contribution is 6.42. The SMILES string of the molecule is N#CC1CCCCC1Oc1ccc(Cl)c(Cl)c1. The van der Waals surface area contributed by atoms with Crippen molar-refractivity contribution in [2.75, 3.05) is 0 Å². The first kappa shape index (κ1) is 12.5. The molecule has 2 nitrogen and oxygen atoms in total. The van der Waals surface area contributed by atoms with Gasteiger partial charge in [-0.15, -0.1) is 0 Å². The molecule has 2 unspecified atom stereocenters. The van der Waals surface area contributed by atoms with Gasteiger partial charge in [0.25, 0.3) is 0 Å². The van der Waals surface area contributed by atoms with Gasteiger partial charge in [0.2, 0.25) is 0 Å². The van der Waals surface area contributed by atoms with E-state index in [9.17, 15) is 0 Å². The topological polar surface area (TPSA) is 33.0 Å². The van der Waals surface area contributed by atoms with E-state index in [4.69, 9.17) is 33.2 Å². The lowest BCUT2D eigenvalue weighted by Crippen LogP contribution is -2.29. The van der Waals surface area contributed by atoms with E-state index in [-0.39, 0.29) is 12.0 Å². The number of nitriles is 1. The van der Waals surface area contributed by atoms with Crippen LogP contribution in [0.15, 0.2) is 18.2 Å². The van der Waals surface area contributed by atoms with Gasteiger partial charge in [-0.25, -0.2) is 0 Å². The zero-order valence-corrected chi connectivity index (χ0v) is 10.8. The van der Waals surface area contributed by atoms with Gasteiger partial charge in [0, 0.05) is 6.07 Å². The lowest BCUT2D eigenvalue weighted by Gasteiger charge is -2.27. The Morgan fingerprint density at radius 2 is 1.94 bits per heavy atom. The smallest absolute Gasteiger partial charge is 0.121 e. The molecule has 0 heterocycles. The monoisotopic (exact) mass is 269 g/mol. The first-order valence-corrected chi connectivity index (χ1v) is 6.47. The predicted molar refractivity (Wildman–Crippen MR) is 68.4 cm³/mol. The summed E-state index contributed by atoms with van der Waals surface area (Å²) in [5.74, 6) is 0.671. The van der Waals surface area contributed by atoms with Crippen molar-refractivity contribution in [1.29, 1.82) is 5.26 Å². The number of hydrogen-bond acceptors (Lipinski definition) is 2. The molecule has 2 atom stereocenters. The lowest BCUT2D eigenvalue weighted by molar-refractivity contribution is 0.120. The molecule has 0 spiro atoms. The lowest BCUT2D eigenvalue weighted by atomic mass is 9.87. The standard InChI is InChI=1S/C13H13Cl2NO/c14-11-6-5-10(7-12(11)15)17-13-4-2-1-3-9(13)8-16/h5-7,9,13H,1-4H2. The number of halogens is 2. The minimum Gasteiger partial charge on any atom is -0.489 e. The summed E-state index contributed by atoms with van der Waals surface area (Å²) < 4.78 is 5.83. The first-order chi connectivity index (χ1) is 8.20. The van der Waals surface area contributed by atoms with Crippen LogP contribution in [0.4, 0.5) is 0 Å². The Hall–Kier alpha value is -0.910. The van der Waals surface area contributed by atoms with E-state index in [1.54, 1.807) is 18.2 Å². The summed E-state index contributed by atoms with van der Waals surface area (Å²) in [5, 5.41) is 10.1. The molecule has 0 aliphatic heterocycles. The summed E-state index contributed by atoms with van der Waals surface area (Å²) in [7, 11) is 0. The summed E-state index contributed by atoms with van der Waals surface area (Å²) in [4.78, 5) is 0. The Bertz CT molecular complexity index is 442. The highest BCUT2D eigenvalue weighted by atomic mass is 35.5. The number of nitrogens with zero attached hydrogens (tertiary/aromatic N) is 1. The van der Waals surface area contributed by atoms with Gasteiger partial charge in [-0.05, 0) is 31.4 Å². The number of hydrogen-bond donors (Lipinski definition) is 0. The summed E-state index contributed by atoms with van der Waals surface area (Å²) in [6, 6.07) is 7.52. The van der Waals surface area contributed by atoms with Gasteiger partial charge in [0.15, 0.2) is 0 Å². The zero-order chi connectivity index (χ0) is 12.3. The molecule has 0 radical (unpaired) electrons. The van der Waals surface area contributed by atoms with Crippen LogP contribution in [0.2, 0.25) is 10.0 Å². The largest absolute Gasteiger partial charge is 0.489 e. The molecular formula is C13H13Cl2NO. The Balaban J connectivity index is 2.09. The van der Waals surface area contributed by atoms with Crippen molar-refractivity contribution in [2.45, 2.75) is 31.8 Å². The number of benzene rings is 1. The first-order valence-electron chi connectivity index (χ1n) is 5.72. The third-order valence-electron chi connectivity index (χ3n) is 3.05. The Labute approximate surface area is 111 Å². The molecule has 90 valence electrons. The second-order valence-corrected chi connectivity index (χ2v) is 5.07. The van der Waals surface area contributed by atoms with Crippen LogP contribution in [0.5, 0.6) is 5.75 Å². The molecule has 17 heavy (non-hydrogen) atoms. The van der Waals surface area contributed by atoms with Crippen molar-refractivity contribution >= 4 is 23.2 Å². The summed E-state index contributed by atoms with van der Waals surface area (Å²) in [5.41, 5.74) is 0. The average molecular weight is 270 g/mol. The molecule has 0 N–H and O–H groups in total. The van der Waals surface area contributed by atoms with Gasteiger partial charge >= 0.3 is 0 Å². The maximum absolute atomic E-state index is 9.06. The maximum atomic E-state index is 9.06. The Morgan fingerprint density at radius 1 is 1.18 bits per heavy atom. The molecule has 4 heteroatoms. The van der Waals surface area contributed by atoms with Crippen molar-refractivity contribution in [1.82, 2.24) is 0 Å². The van der Waals surface area contributed by atoms with Crippen molar-refractivity contribution in [3.8, 4) is 11.8 Å². The third kappa shape index (κ3) is 3.06. The van der Waals surface area contributed by atoms with Crippen LogP contribution in [-0.4, -0.2) is 6.10 Å². The van der Waals surface area contributed by atoms with Crippen LogP contribution in [0.1, 0.15) is 25.7 Å². The molecule has 1 aromatic carbocycles. The maximum Gasteiger partial charge on any atom is 0.121 e. The number of rotatable bonds is 2. The van der Waals surface area contributed by atoms with E-state index in [0.717, 1.165) is 25.7 Å². The minimum atomic E-state index is -0.0222. The van der Waals surface area contributed by atoms with Crippen molar-refractivity contribution in [2.24, 2.45) is 5.92 Å². The van der Waals surface area contributed by atoms with Crippen LogP contribution < -0.4 is 4.74 Å². The molecule has 1 aliphatic rings. The van der Waals surface area contributed by atoms with Crippen LogP contribution >= 0.6 is 23.2 Å². The molecule has 0 saturated heterocycles. The van der Waals surface area contributed by atoms with E-state index in [1.807, 2.05) is 0 Å². The Morgan fingerprint density at radius 3 is 2.65 bits per heavy atom. The van der Waals surface area contributed by atoms with Crippen LogP contribution in [0.25, 0.3) is 0 Å². The van der Waals surface area contributed by atoms with Gasteiger partial charge in [-0.3, -0.25) is 0 Å². The second kappa shape index (κ2) is 5.62. The molecule has 2 rings (SSSR count). The van der Waals surface area contributed by atoms with E-state index in [0.29, 0.717) is 15.8 Å².